The van der Waals surface area contributed by atoms with Crippen molar-refractivity contribution in [3.8, 4) is 17.0 Å². The van der Waals surface area contributed by atoms with Crippen LogP contribution in [0.25, 0.3) is 11.3 Å². The summed E-state index contributed by atoms with van der Waals surface area (Å²) < 4.78 is 5.86. The summed E-state index contributed by atoms with van der Waals surface area (Å²) in [7, 11) is 1.68. The summed E-state index contributed by atoms with van der Waals surface area (Å²) in [5.41, 5.74) is 2.22. The Bertz CT molecular complexity index is 888. The second-order valence-electron chi connectivity index (χ2n) is 7.53. The lowest BCUT2D eigenvalue weighted by Gasteiger charge is -2.18. The Morgan fingerprint density at radius 2 is 1.97 bits per heavy atom. The molecule has 3 N–H and O–H groups in total. The topological polar surface area (TPSA) is 112 Å². The van der Waals surface area contributed by atoms with Crippen LogP contribution in [0.4, 0.5) is 10.6 Å². The zero-order valence-corrected chi connectivity index (χ0v) is 18.8. The van der Waals surface area contributed by atoms with Crippen LogP contribution in [0.5, 0.6) is 5.75 Å². The molecule has 174 valence electrons. The molecule has 32 heavy (non-hydrogen) atoms. The van der Waals surface area contributed by atoms with Gasteiger partial charge in [0, 0.05) is 38.6 Å². The molecule has 0 bridgehead atoms. The number of amides is 2. The molecule has 2 rings (SSSR count). The summed E-state index contributed by atoms with van der Waals surface area (Å²) >= 11 is 0. The van der Waals surface area contributed by atoms with Crippen molar-refractivity contribution < 1.29 is 24.5 Å². The molecule has 0 fully saturated rings. The number of aliphatic carboxylic acids is 1. The largest absolute Gasteiger partial charge is 0.493 e. The minimum absolute atomic E-state index is 0.0138. The number of nitrogens with zero attached hydrogens (tertiary/aromatic N) is 2. The van der Waals surface area contributed by atoms with Gasteiger partial charge in [0.15, 0.2) is 0 Å². The zero-order chi connectivity index (χ0) is 23.3. The monoisotopic (exact) mass is 443 g/mol. The van der Waals surface area contributed by atoms with Crippen LogP contribution in [0.1, 0.15) is 44.6 Å². The third kappa shape index (κ3) is 7.85. The van der Waals surface area contributed by atoms with Crippen molar-refractivity contribution in [1.29, 1.82) is 0 Å². The standard InChI is InChI=1S/C24H33N3O5/c1-3-4-5-14-25-24(31)27(2)22-9-6-8-20(26-22)19-12-10-18(11-13-23(29)30)17-21(19)32-16-7-15-28/h6,8-10,12,17,28H,3-5,7,11,13-16H2,1-2H3,(H,25,31)(H,29,30). The first-order valence-corrected chi connectivity index (χ1v) is 11.0. The molecule has 0 aliphatic carbocycles. The van der Waals surface area contributed by atoms with Crippen LogP contribution in [0.15, 0.2) is 36.4 Å². The molecule has 0 atom stereocenters. The highest BCUT2D eigenvalue weighted by atomic mass is 16.5. The number of aliphatic hydroxyl groups excluding tert-OH is 1. The number of nitrogens with one attached hydrogen (secondary N) is 1. The molecule has 0 radical (unpaired) electrons. The Balaban J connectivity index is 2.23. The lowest BCUT2D eigenvalue weighted by atomic mass is 10.0. The number of carboxylic acid groups (broad SMARTS) is 1. The average Bonchev–Trinajstić information content (AvgIpc) is 2.80. The van der Waals surface area contributed by atoms with Crippen LogP contribution in [-0.4, -0.2) is 54.0 Å². The number of pyridine rings is 1. The molecule has 0 saturated carbocycles. The average molecular weight is 444 g/mol. The fourth-order valence-electron chi connectivity index (χ4n) is 3.10. The van der Waals surface area contributed by atoms with Crippen molar-refractivity contribution in [1.82, 2.24) is 10.3 Å². The molecule has 0 saturated heterocycles. The van der Waals surface area contributed by atoms with Gasteiger partial charge in [0.2, 0.25) is 0 Å². The van der Waals surface area contributed by atoms with Gasteiger partial charge in [-0.15, -0.1) is 0 Å². The van der Waals surface area contributed by atoms with Crippen LogP contribution in [0.2, 0.25) is 0 Å². The van der Waals surface area contributed by atoms with Gasteiger partial charge < -0.3 is 20.3 Å². The van der Waals surface area contributed by atoms with E-state index in [0.717, 1.165) is 30.4 Å². The molecule has 2 amide bonds. The first-order valence-electron chi connectivity index (χ1n) is 11.0. The van der Waals surface area contributed by atoms with E-state index in [1.807, 2.05) is 30.3 Å². The predicted molar refractivity (Wildman–Crippen MR) is 124 cm³/mol. The van der Waals surface area contributed by atoms with Gasteiger partial charge in [0.1, 0.15) is 11.6 Å². The van der Waals surface area contributed by atoms with E-state index in [1.165, 1.54) is 4.90 Å². The van der Waals surface area contributed by atoms with E-state index >= 15 is 0 Å². The van der Waals surface area contributed by atoms with Crippen LogP contribution >= 0.6 is 0 Å². The van der Waals surface area contributed by atoms with Crippen molar-refractivity contribution in [3.63, 3.8) is 0 Å². The summed E-state index contributed by atoms with van der Waals surface area (Å²) in [5.74, 6) is 0.214. The molecular weight excluding hydrogens is 410 g/mol. The maximum atomic E-state index is 12.4. The van der Waals surface area contributed by atoms with Gasteiger partial charge >= 0.3 is 12.0 Å². The molecule has 0 aliphatic rings. The lowest BCUT2D eigenvalue weighted by molar-refractivity contribution is -0.136. The molecule has 1 aromatic carbocycles. The second kappa shape index (κ2) is 13.3. The van der Waals surface area contributed by atoms with Gasteiger partial charge in [0.05, 0.1) is 12.3 Å². The number of rotatable bonds is 13. The highest BCUT2D eigenvalue weighted by Crippen LogP contribution is 2.31. The van der Waals surface area contributed by atoms with E-state index in [4.69, 9.17) is 14.9 Å². The second-order valence-corrected chi connectivity index (χ2v) is 7.53. The molecule has 8 nitrogen and oxygen atoms in total. The van der Waals surface area contributed by atoms with Gasteiger partial charge in [-0.3, -0.25) is 9.69 Å². The van der Waals surface area contributed by atoms with Gasteiger partial charge in [-0.05, 0) is 42.7 Å². The number of ether oxygens (including phenoxy) is 1. The molecule has 0 unspecified atom stereocenters. The molecule has 0 spiro atoms. The molecular formula is C24H33N3O5. The summed E-state index contributed by atoms with van der Waals surface area (Å²) in [6.45, 7) is 3.08. The highest BCUT2D eigenvalue weighted by molar-refractivity contribution is 5.90. The minimum atomic E-state index is -0.859. The van der Waals surface area contributed by atoms with Gasteiger partial charge in [-0.2, -0.15) is 0 Å². The third-order valence-corrected chi connectivity index (χ3v) is 4.95. The quantitative estimate of drug-likeness (QED) is 0.405. The van der Waals surface area contributed by atoms with Crippen molar-refractivity contribution in [2.75, 3.05) is 31.7 Å². The van der Waals surface area contributed by atoms with E-state index in [-0.39, 0.29) is 19.1 Å². The van der Waals surface area contributed by atoms with Crippen LogP contribution in [0, 0.1) is 0 Å². The van der Waals surface area contributed by atoms with E-state index in [2.05, 4.69) is 17.2 Å². The number of aryl methyl sites for hydroxylation is 1. The maximum absolute atomic E-state index is 12.4. The van der Waals surface area contributed by atoms with E-state index in [0.29, 0.717) is 43.3 Å². The molecule has 2 aromatic rings. The number of unbranched alkanes of at least 4 members (excludes halogenated alkanes) is 2. The van der Waals surface area contributed by atoms with Gasteiger partial charge in [0.25, 0.3) is 0 Å². The normalized spacial score (nSPS) is 10.6. The van der Waals surface area contributed by atoms with Crippen LogP contribution in [0.3, 0.4) is 0 Å². The number of anilines is 1. The number of carbonyl (C=O) groups excluding carboxylic acids is 1. The molecule has 0 aliphatic heterocycles. The number of hydrogen-bond acceptors (Lipinski definition) is 5. The number of aromatic nitrogens is 1. The highest BCUT2D eigenvalue weighted by Gasteiger charge is 2.15. The van der Waals surface area contributed by atoms with Gasteiger partial charge in [-0.1, -0.05) is 31.9 Å². The fraction of sp³-hybridized carbons (Fsp3) is 0.458. The number of benzene rings is 1. The number of hydrogen-bond donors (Lipinski definition) is 3. The van der Waals surface area contributed by atoms with Crippen molar-refractivity contribution in [3.05, 3.63) is 42.0 Å². The van der Waals surface area contributed by atoms with Gasteiger partial charge in [-0.25, -0.2) is 9.78 Å². The number of carboxylic acids is 1. The predicted octanol–water partition coefficient (Wildman–Crippen LogP) is 3.86. The Labute approximate surface area is 189 Å². The first-order chi connectivity index (χ1) is 15.5. The number of carbonyl (C=O) groups is 2. The summed E-state index contributed by atoms with van der Waals surface area (Å²) in [4.78, 5) is 29.5. The van der Waals surface area contributed by atoms with E-state index < -0.39 is 5.97 Å². The Hall–Kier alpha value is -3.13. The van der Waals surface area contributed by atoms with Crippen molar-refractivity contribution >= 4 is 17.8 Å². The minimum Gasteiger partial charge on any atom is -0.493 e. The Morgan fingerprint density at radius 1 is 1.16 bits per heavy atom. The maximum Gasteiger partial charge on any atom is 0.322 e. The smallest absolute Gasteiger partial charge is 0.322 e. The Kier molecular flexibility index (Phi) is 10.5. The zero-order valence-electron chi connectivity index (χ0n) is 18.8. The third-order valence-electron chi connectivity index (χ3n) is 4.95. The number of aliphatic hydroxyl groups is 1. The Morgan fingerprint density at radius 3 is 2.69 bits per heavy atom. The summed E-state index contributed by atoms with van der Waals surface area (Å²) in [6.07, 6.45) is 3.99. The fourth-order valence-corrected chi connectivity index (χ4v) is 3.10. The number of urea groups is 1. The first kappa shape index (κ1) is 25.1. The lowest BCUT2D eigenvalue weighted by Crippen LogP contribution is -2.38. The summed E-state index contributed by atoms with van der Waals surface area (Å²) in [6, 6.07) is 10.7. The van der Waals surface area contributed by atoms with Crippen LogP contribution < -0.4 is 15.0 Å². The van der Waals surface area contributed by atoms with Crippen LogP contribution in [-0.2, 0) is 11.2 Å². The van der Waals surface area contributed by atoms with Crippen molar-refractivity contribution in [2.24, 2.45) is 0 Å². The molecule has 8 heteroatoms. The summed E-state index contributed by atoms with van der Waals surface area (Å²) in [5, 5.41) is 20.9. The van der Waals surface area contributed by atoms with E-state index in [9.17, 15) is 9.59 Å². The SMILES string of the molecule is CCCCCNC(=O)N(C)c1cccc(-c2ccc(CCC(=O)O)cc2OCCCO)n1. The molecule has 1 heterocycles. The van der Waals surface area contributed by atoms with E-state index in [1.54, 1.807) is 13.1 Å². The van der Waals surface area contributed by atoms with Crippen molar-refractivity contribution in [2.45, 2.75) is 45.4 Å². The molecule has 1 aromatic heterocycles.